The highest BCUT2D eigenvalue weighted by Gasteiger charge is 2.42. The van der Waals surface area contributed by atoms with E-state index in [1.165, 1.54) is 27.7 Å². The number of carbonyl (C=O) groups excluding carboxylic acids is 18. The lowest BCUT2D eigenvalue weighted by atomic mass is 9.91. The molecular formula is C95H150N26O18. The molecule has 139 heavy (non-hydrogen) atoms. The molecule has 35 N–H and O–H groups in total. The van der Waals surface area contributed by atoms with Gasteiger partial charge in [0.25, 0.3) is 0 Å². The summed E-state index contributed by atoms with van der Waals surface area (Å²) in [4.78, 5) is 258. The average molecular weight is 1940 g/mol. The molecule has 0 spiro atoms. The zero-order valence-electron chi connectivity index (χ0n) is 80.5. The topological polar surface area (TPSA) is 750 Å². The van der Waals surface area contributed by atoms with Gasteiger partial charge in [-0.3, -0.25) is 86.3 Å². The summed E-state index contributed by atoms with van der Waals surface area (Å²) in [7, 11) is 0. The number of fused-ring (bicyclic) bond motifs is 1. The maximum absolute atomic E-state index is 15.1. The lowest BCUT2D eigenvalue weighted by Gasteiger charge is -2.33. The minimum atomic E-state index is -1.91. The van der Waals surface area contributed by atoms with Gasteiger partial charge in [-0.1, -0.05) is 97.4 Å². The summed E-state index contributed by atoms with van der Waals surface area (Å²) in [6.07, 6.45) is 10.0. The first kappa shape index (κ1) is 117. The SMILES string of the molecule is C[C@H](NC(=O)CNC(=O)[C@H](Cc1ccccc1)NC(=O)[C@]1(C)CCC/C=C\CCC[C@](C)(NC(=O)[C@H](Cc2ccccc2)NC(=O)CNC(=O)[C@H](CC(N)=O)NC(=O)[C@H](CCCCN)NC(=O)[C@H](CCCCN)NC(=O)[C@H](CCCCN)NC(=O)[C@H](CCCCN)NC(=O)[C@H](CCCCN)NC(=O)[C@@H](N)CCCCN)C(=O)N[C@@H](C)C(=O)N[C@@H](Cc2c[nH]c3ccccc23)C(=O)NCC(=O)N1)C(N)=O. The van der Waals surface area contributed by atoms with Gasteiger partial charge in [0.2, 0.25) is 106 Å². The number of nitrogens with two attached hydrogens (primary N) is 9. The normalized spacial score (nSPS) is 18.6. The van der Waals surface area contributed by atoms with Crippen molar-refractivity contribution in [3.05, 3.63) is 120 Å². The Balaban J connectivity index is 1.40. The predicted octanol–water partition coefficient (Wildman–Crippen LogP) is -3.96. The van der Waals surface area contributed by atoms with Crippen molar-refractivity contribution in [2.75, 3.05) is 58.9 Å². The van der Waals surface area contributed by atoms with Crippen molar-refractivity contribution in [2.24, 2.45) is 51.6 Å². The summed E-state index contributed by atoms with van der Waals surface area (Å²) in [5, 5.41) is 43.1. The number of hydrogen-bond donors (Lipinski definition) is 26. The number of nitrogens with one attached hydrogen (secondary N) is 17. The zero-order valence-corrected chi connectivity index (χ0v) is 80.5. The van der Waals surface area contributed by atoms with Crippen molar-refractivity contribution in [1.29, 1.82) is 0 Å². The molecule has 1 aliphatic rings. The fourth-order valence-electron chi connectivity index (χ4n) is 15.4. The van der Waals surface area contributed by atoms with Gasteiger partial charge in [0.05, 0.1) is 32.1 Å². The van der Waals surface area contributed by atoms with E-state index in [0.29, 0.717) is 118 Å². The molecule has 0 bridgehead atoms. The molecule has 18 amide bonds. The van der Waals surface area contributed by atoms with E-state index in [4.69, 9.17) is 51.6 Å². The number of allylic oxidation sites excluding steroid dienone is 2. The van der Waals surface area contributed by atoms with Gasteiger partial charge in [-0.15, -0.1) is 0 Å². The van der Waals surface area contributed by atoms with E-state index in [0.717, 1.165) is 0 Å². The maximum Gasteiger partial charge on any atom is 0.246 e. The van der Waals surface area contributed by atoms with E-state index in [9.17, 15) is 76.7 Å². The molecule has 14 atom stereocenters. The summed E-state index contributed by atoms with van der Waals surface area (Å²) in [6.45, 7) is 4.83. The van der Waals surface area contributed by atoms with Gasteiger partial charge in [0, 0.05) is 36.4 Å². The highest BCUT2D eigenvalue weighted by atomic mass is 16.2. The first-order valence-electron chi connectivity index (χ1n) is 48.0. The van der Waals surface area contributed by atoms with Crippen LogP contribution in [0, 0.1) is 0 Å². The second-order valence-electron chi connectivity index (χ2n) is 35.5. The van der Waals surface area contributed by atoms with Crippen LogP contribution in [0.2, 0.25) is 0 Å². The molecule has 0 unspecified atom stereocenters. The molecule has 0 aliphatic carbocycles. The molecule has 44 nitrogen and oxygen atoms in total. The molecular weight excluding hydrogens is 1790 g/mol. The van der Waals surface area contributed by atoms with Gasteiger partial charge >= 0.3 is 0 Å². The number of primary amides is 2. The summed E-state index contributed by atoms with van der Waals surface area (Å²) in [6, 6.07) is 7.97. The van der Waals surface area contributed by atoms with E-state index in [-0.39, 0.29) is 122 Å². The van der Waals surface area contributed by atoms with Crippen LogP contribution < -0.4 is 137 Å². The number of aromatic amines is 1. The van der Waals surface area contributed by atoms with Crippen LogP contribution in [0.4, 0.5) is 0 Å². The summed E-state index contributed by atoms with van der Waals surface area (Å²) in [5.41, 5.74) is 50.8. The molecule has 0 fully saturated rings. The third-order valence-corrected chi connectivity index (χ3v) is 23.7. The van der Waals surface area contributed by atoms with Gasteiger partial charge in [-0.25, -0.2) is 0 Å². The first-order chi connectivity index (χ1) is 66.4. The van der Waals surface area contributed by atoms with Crippen molar-refractivity contribution in [3.63, 3.8) is 0 Å². The van der Waals surface area contributed by atoms with Crippen LogP contribution in [0.1, 0.15) is 205 Å². The van der Waals surface area contributed by atoms with Crippen LogP contribution in [-0.2, 0) is 106 Å². The van der Waals surface area contributed by atoms with Crippen LogP contribution in [0.25, 0.3) is 10.9 Å². The minimum absolute atomic E-state index is 0.00525. The number of unbranched alkanes of at least 4 members (excludes halogenated alkanes) is 6. The largest absolute Gasteiger partial charge is 0.370 e. The highest BCUT2D eigenvalue weighted by molar-refractivity contribution is 6.02. The first-order valence-corrected chi connectivity index (χ1v) is 48.0. The zero-order chi connectivity index (χ0) is 102. The number of para-hydroxylation sites is 1. The quantitative estimate of drug-likeness (QED) is 0.0148. The molecule has 768 valence electrons. The number of aromatic nitrogens is 1. The molecule has 0 saturated heterocycles. The number of amides is 18. The Hall–Kier alpha value is -12.9. The molecule has 44 heteroatoms. The van der Waals surface area contributed by atoms with Gasteiger partial charge in [-0.05, 0) is 237 Å². The molecule has 2 heterocycles. The lowest BCUT2D eigenvalue weighted by Crippen LogP contribution is -2.64. The lowest BCUT2D eigenvalue weighted by molar-refractivity contribution is -0.137. The van der Waals surface area contributed by atoms with Crippen molar-refractivity contribution < 1.29 is 86.3 Å². The number of hydrogen-bond acceptors (Lipinski definition) is 25. The van der Waals surface area contributed by atoms with Gasteiger partial charge in [0.15, 0.2) is 0 Å². The summed E-state index contributed by atoms with van der Waals surface area (Å²) < 4.78 is 0. The summed E-state index contributed by atoms with van der Waals surface area (Å²) in [5.74, 6) is -15.5. The highest BCUT2D eigenvalue weighted by Crippen LogP contribution is 2.23. The van der Waals surface area contributed by atoms with Crippen LogP contribution in [0.3, 0.4) is 0 Å². The average Bonchev–Trinajstić information content (AvgIpc) is 1.77. The van der Waals surface area contributed by atoms with Crippen LogP contribution in [0.5, 0.6) is 0 Å². The molecule has 5 rings (SSSR count). The molecule has 1 aromatic heterocycles. The van der Waals surface area contributed by atoms with E-state index in [1.807, 2.05) is 0 Å². The number of H-pyrrole nitrogens is 1. The fourth-order valence-corrected chi connectivity index (χ4v) is 15.4. The minimum Gasteiger partial charge on any atom is -0.370 e. The van der Waals surface area contributed by atoms with Gasteiger partial charge < -0.3 is 142 Å². The van der Waals surface area contributed by atoms with Crippen molar-refractivity contribution >= 4 is 117 Å². The Morgan fingerprint density at radius 3 is 1.31 bits per heavy atom. The van der Waals surface area contributed by atoms with E-state index < -0.39 is 216 Å². The van der Waals surface area contributed by atoms with Crippen LogP contribution in [-0.4, -0.2) is 254 Å². The third-order valence-electron chi connectivity index (χ3n) is 23.7. The van der Waals surface area contributed by atoms with Crippen LogP contribution in [0.15, 0.2) is 103 Å². The maximum atomic E-state index is 15.1. The number of rotatable bonds is 57. The molecule has 0 saturated carbocycles. The Morgan fingerprint density at radius 1 is 0.446 bits per heavy atom. The van der Waals surface area contributed by atoms with Crippen molar-refractivity contribution in [3.8, 4) is 0 Å². The smallest absolute Gasteiger partial charge is 0.246 e. The molecule has 0 radical (unpaired) electrons. The van der Waals surface area contributed by atoms with E-state index in [2.05, 4.69) is 90.1 Å². The number of benzene rings is 3. The van der Waals surface area contributed by atoms with Crippen molar-refractivity contribution in [2.45, 2.75) is 291 Å². The van der Waals surface area contributed by atoms with Crippen molar-refractivity contribution in [1.82, 2.24) is 90.1 Å². The van der Waals surface area contributed by atoms with E-state index >= 15 is 9.59 Å². The third kappa shape index (κ3) is 42.6. The standard InChI is InChI=1S/C95H150N26O18/c1-59(80(104)126)109-77(123)56-106-83(129)72(51-61-31-11-9-12-32-61)119-93(139)94(3)43-23-7-5-6-8-24-44-95(4,92(138)110-60(2)81(127)117-74(84(130)108-58-79(125)120-94)53-63-55-105-66-37-16-15-35-64(63)66)121-91(137)73(52-62-33-13-10-14-34-62)111-78(124)57-107-85(131)75(54-76(103)122)118-90(136)71(42-22-30-50-101)116-89(135)70(41-21-29-49-100)115-88(134)69(40-20-28-48-99)114-87(133)68(39-19-27-47-98)113-86(132)67(38-18-26-46-97)112-82(128)65(102)36-17-25-45-96/h5-6,9-16,31-35,37,55,59-60,65,67-75,105H,7-8,17-30,36,38-54,56-58,96-102H2,1-4H3,(H2,103,122)(H2,104,126)(H,106,129)(H,107,131)(H,108,130)(H,109,123)(H,110,138)(H,111,124)(H,112,128)(H,113,132)(H,114,133)(H,115,134)(H,116,135)(H,117,127)(H,118,136)(H,119,139)(H,120,125)(H,121,137)/b6-5-/t59-,60-,65-,67-,68-,69-,70-,71-,72-,73-,74-,75-,94-,95-/m0/s1. The number of carbonyl (C=O) groups is 18. The monoisotopic (exact) mass is 1940 g/mol. The van der Waals surface area contributed by atoms with Gasteiger partial charge in [-0.2, -0.15) is 0 Å². The van der Waals surface area contributed by atoms with E-state index in [1.54, 1.807) is 103 Å². The Morgan fingerprint density at radius 2 is 0.856 bits per heavy atom. The Kier molecular flexibility index (Phi) is 52.7. The predicted molar refractivity (Wildman–Crippen MR) is 522 cm³/mol. The fraction of sp³-hybridized carbons (Fsp3) is 0.579. The van der Waals surface area contributed by atoms with Gasteiger partial charge in [0.1, 0.15) is 77.5 Å². The molecule has 4 aromatic rings. The van der Waals surface area contributed by atoms with Crippen LogP contribution >= 0.6 is 0 Å². The molecule has 1 aliphatic heterocycles. The Labute approximate surface area is 811 Å². The Bertz CT molecular complexity index is 4700. The second kappa shape index (κ2) is 62.9. The molecule has 3 aromatic carbocycles. The summed E-state index contributed by atoms with van der Waals surface area (Å²) >= 11 is 0. The second-order valence-corrected chi connectivity index (χ2v) is 35.5.